The Balaban J connectivity index is 1.43. The second-order valence-electron chi connectivity index (χ2n) is 9.48. The van der Waals surface area contributed by atoms with Gasteiger partial charge in [0.05, 0.1) is 0 Å². The molecule has 32 heavy (non-hydrogen) atoms. The fraction of sp³-hybridized carbons (Fsp3) is 0.385. The van der Waals surface area contributed by atoms with E-state index in [1.807, 2.05) is 18.2 Å². The zero-order valence-corrected chi connectivity index (χ0v) is 19.1. The van der Waals surface area contributed by atoms with Gasteiger partial charge >= 0.3 is 0 Å². The van der Waals surface area contributed by atoms with Gasteiger partial charge in [-0.3, -0.25) is 0 Å². The van der Waals surface area contributed by atoms with Crippen LogP contribution in [-0.4, -0.2) is 29.6 Å². The molecule has 0 bridgehead atoms. The monoisotopic (exact) mass is 445 g/mol. The van der Waals surface area contributed by atoms with Crippen LogP contribution in [0.3, 0.4) is 0 Å². The van der Waals surface area contributed by atoms with E-state index in [1.54, 1.807) is 6.33 Å². The second-order valence-corrected chi connectivity index (χ2v) is 9.92. The molecule has 1 unspecified atom stereocenters. The molecule has 164 valence electrons. The average Bonchev–Trinajstić information content (AvgIpc) is 3.33. The van der Waals surface area contributed by atoms with Crippen molar-refractivity contribution >= 4 is 34.5 Å². The van der Waals surface area contributed by atoms with Gasteiger partial charge in [-0.05, 0) is 86.7 Å². The van der Waals surface area contributed by atoms with Crippen molar-refractivity contribution in [3.63, 3.8) is 0 Å². The molecule has 5 nitrogen and oxygen atoms in total. The van der Waals surface area contributed by atoms with Crippen LogP contribution in [0.25, 0.3) is 0 Å². The van der Waals surface area contributed by atoms with Gasteiger partial charge in [0.2, 0.25) is 0 Å². The molecule has 1 fully saturated rings. The van der Waals surface area contributed by atoms with Gasteiger partial charge in [0.1, 0.15) is 12.1 Å². The maximum absolute atomic E-state index is 6.20. The van der Waals surface area contributed by atoms with E-state index in [4.69, 9.17) is 16.6 Å². The molecule has 0 amide bonds. The lowest BCUT2D eigenvalue weighted by atomic mass is 9.74. The Morgan fingerprint density at radius 3 is 2.78 bits per heavy atom. The smallest absolute Gasteiger partial charge is 0.140 e. The number of piperidine rings is 1. The summed E-state index contributed by atoms with van der Waals surface area (Å²) in [4.78, 5) is 11.9. The van der Waals surface area contributed by atoms with E-state index in [0.717, 1.165) is 61.1 Å². The van der Waals surface area contributed by atoms with Crippen molar-refractivity contribution in [2.24, 2.45) is 0 Å². The molecule has 2 aromatic carbocycles. The molecule has 6 rings (SSSR count). The normalized spacial score (nSPS) is 20.9. The summed E-state index contributed by atoms with van der Waals surface area (Å²) in [6.07, 6.45) is 6.26. The lowest BCUT2D eigenvalue weighted by Crippen LogP contribution is -2.42. The number of aryl methyl sites for hydroxylation is 1. The highest BCUT2D eigenvalue weighted by atomic mass is 35.5. The highest BCUT2D eigenvalue weighted by Crippen LogP contribution is 2.51. The van der Waals surface area contributed by atoms with E-state index in [9.17, 15) is 0 Å². The minimum atomic E-state index is 0.145. The van der Waals surface area contributed by atoms with Crippen LogP contribution >= 0.6 is 11.6 Å². The molecular formula is C26H28ClN5. The van der Waals surface area contributed by atoms with Crippen LogP contribution in [0.4, 0.5) is 22.9 Å². The van der Waals surface area contributed by atoms with Gasteiger partial charge in [-0.2, -0.15) is 0 Å². The first kappa shape index (κ1) is 20.0. The zero-order chi connectivity index (χ0) is 21.7. The minimum absolute atomic E-state index is 0.145. The Bertz CT molecular complexity index is 1170. The van der Waals surface area contributed by atoms with Crippen LogP contribution < -0.4 is 15.5 Å². The number of rotatable bonds is 3. The first-order chi connectivity index (χ1) is 15.6. The number of fused-ring (bicyclic) bond motifs is 3. The van der Waals surface area contributed by atoms with Crippen molar-refractivity contribution in [1.82, 2.24) is 15.3 Å². The maximum atomic E-state index is 6.20. The third kappa shape index (κ3) is 3.26. The van der Waals surface area contributed by atoms with Crippen LogP contribution in [0.15, 0.2) is 48.8 Å². The summed E-state index contributed by atoms with van der Waals surface area (Å²) in [7, 11) is 0. The van der Waals surface area contributed by atoms with Gasteiger partial charge in [0, 0.05) is 45.3 Å². The van der Waals surface area contributed by atoms with Crippen LogP contribution in [0.2, 0.25) is 5.02 Å². The second kappa shape index (κ2) is 7.75. The van der Waals surface area contributed by atoms with Crippen molar-refractivity contribution in [2.45, 2.75) is 43.9 Å². The van der Waals surface area contributed by atoms with E-state index in [0.29, 0.717) is 5.92 Å². The van der Waals surface area contributed by atoms with Crippen LogP contribution in [-0.2, 0) is 11.8 Å². The van der Waals surface area contributed by atoms with Crippen LogP contribution in [0, 0.1) is 0 Å². The summed E-state index contributed by atoms with van der Waals surface area (Å²) in [6.45, 7) is 5.41. The zero-order valence-electron chi connectivity index (χ0n) is 18.4. The topological polar surface area (TPSA) is 53.1 Å². The van der Waals surface area contributed by atoms with Crippen LogP contribution in [0.5, 0.6) is 0 Å². The molecule has 6 heteroatoms. The molecular weight excluding hydrogens is 418 g/mol. The maximum Gasteiger partial charge on any atom is 0.140 e. The molecule has 1 aliphatic carbocycles. The fourth-order valence-electron chi connectivity index (χ4n) is 5.84. The van der Waals surface area contributed by atoms with Gasteiger partial charge in [-0.25, -0.2) is 9.97 Å². The van der Waals surface area contributed by atoms with E-state index in [1.165, 1.54) is 28.9 Å². The number of hydrogen-bond acceptors (Lipinski definition) is 5. The summed E-state index contributed by atoms with van der Waals surface area (Å²) in [5, 5.41) is 7.85. The number of aromatic nitrogens is 2. The molecule has 1 atom stereocenters. The average molecular weight is 446 g/mol. The number of anilines is 4. The summed E-state index contributed by atoms with van der Waals surface area (Å²) in [6, 6.07) is 14.7. The molecule has 1 aromatic heterocycles. The Morgan fingerprint density at radius 1 is 1.09 bits per heavy atom. The minimum Gasteiger partial charge on any atom is -0.355 e. The number of hydrogen-bond donors (Lipinski definition) is 2. The van der Waals surface area contributed by atoms with Crippen molar-refractivity contribution in [3.8, 4) is 0 Å². The Labute approximate surface area is 194 Å². The Kier molecular flexibility index (Phi) is 4.85. The predicted molar refractivity (Wildman–Crippen MR) is 131 cm³/mol. The molecule has 3 aromatic rings. The fourth-order valence-corrected chi connectivity index (χ4v) is 6.03. The number of halogens is 1. The van der Waals surface area contributed by atoms with Gasteiger partial charge in [0.25, 0.3) is 0 Å². The number of nitrogens with zero attached hydrogens (tertiary/aromatic N) is 3. The predicted octanol–water partition coefficient (Wildman–Crippen LogP) is 5.70. The highest BCUT2D eigenvalue weighted by Gasteiger charge is 2.45. The van der Waals surface area contributed by atoms with E-state index in [2.05, 4.69) is 51.7 Å². The number of benzene rings is 2. The molecule has 1 saturated heterocycles. The van der Waals surface area contributed by atoms with Crippen molar-refractivity contribution in [1.29, 1.82) is 0 Å². The molecule has 2 N–H and O–H groups in total. The first-order valence-corrected chi connectivity index (χ1v) is 12.0. The third-order valence-electron chi connectivity index (χ3n) is 7.50. The molecule has 3 heterocycles. The van der Waals surface area contributed by atoms with E-state index in [-0.39, 0.29) is 5.41 Å². The molecule has 0 saturated carbocycles. The molecule has 2 aliphatic heterocycles. The summed E-state index contributed by atoms with van der Waals surface area (Å²) in [5.41, 5.74) is 7.57. The van der Waals surface area contributed by atoms with Gasteiger partial charge in [-0.1, -0.05) is 24.6 Å². The van der Waals surface area contributed by atoms with Crippen molar-refractivity contribution in [3.05, 3.63) is 70.6 Å². The first-order valence-electron chi connectivity index (χ1n) is 11.6. The standard InChI is InChI=1S/C26H28ClN5/c1-17-5-7-22-24(17)25(30-16-29-22)32-15-26(9-11-28-12-10-26)21-14-20(6-8-23(21)32)31-19-4-2-3-18(27)13-19/h2-4,6,8,13-14,16-17,28,31H,5,7,9-12,15H2,1H3. The van der Waals surface area contributed by atoms with Crippen LogP contribution in [0.1, 0.15) is 48.9 Å². The van der Waals surface area contributed by atoms with Gasteiger partial charge in [0.15, 0.2) is 0 Å². The molecule has 1 spiro atoms. The number of nitrogens with one attached hydrogen (secondary N) is 2. The van der Waals surface area contributed by atoms with Gasteiger partial charge in [-0.15, -0.1) is 0 Å². The highest BCUT2D eigenvalue weighted by molar-refractivity contribution is 6.30. The SMILES string of the molecule is CC1CCc2ncnc(N3CC4(CCNCC4)c4cc(Nc5cccc(Cl)c5)ccc43)c21. The van der Waals surface area contributed by atoms with Crippen molar-refractivity contribution in [2.75, 3.05) is 29.9 Å². The molecule has 0 radical (unpaired) electrons. The quantitative estimate of drug-likeness (QED) is 0.541. The van der Waals surface area contributed by atoms with E-state index < -0.39 is 0 Å². The lowest BCUT2D eigenvalue weighted by Gasteiger charge is -2.35. The largest absolute Gasteiger partial charge is 0.355 e. The molecule has 3 aliphatic rings. The Hall–Kier alpha value is -2.63. The van der Waals surface area contributed by atoms with E-state index >= 15 is 0 Å². The summed E-state index contributed by atoms with van der Waals surface area (Å²) < 4.78 is 0. The van der Waals surface area contributed by atoms with Gasteiger partial charge < -0.3 is 15.5 Å². The summed E-state index contributed by atoms with van der Waals surface area (Å²) >= 11 is 6.20. The lowest BCUT2D eigenvalue weighted by molar-refractivity contribution is 0.329. The Morgan fingerprint density at radius 2 is 1.94 bits per heavy atom. The third-order valence-corrected chi connectivity index (χ3v) is 7.74. The van der Waals surface area contributed by atoms with Crippen molar-refractivity contribution < 1.29 is 0 Å². The summed E-state index contributed by atoms with van der Waals surface area (Å²) in [5.74, 6) is 1.63.